The maximum Gasteiger partial charge on any atom is 0.342 e. The Morgan fingerprint density at radius 1 is 0.923 bits per heavy atom. The highest BCUT2D eigenvalue weighted by molar-refractivity contribution is 8.04. The first kappa shape index (κ1) is 26.5. The Hall–Kier alpha value is -4.07. The molecule has 8 heteroatoms. The maximum absolute atomic E-state index is 12.3. The number of carboxylic acids is 1. The summed E-state index contributed by atoms with van der Waals surface area (Å²) in [4.78, 5) is 12.5. The summed E-state index contributed by atoms with van der Waals surface area (Å²) in [5, 5.41) is 19.9. The molecule has 6 nitrogen and oxygen atoms in total. The smallest absolute Gasteiger partial charge is 0.342 e. The predicted molar refractivity (Wildman–Crippen MR) is 158 cm³/mol. The number of thioether (sulfide) groups is 1. The van der Waals surface area contributed by atoms with Gasteiger partial charge in [-0.2, -0.15) is 0 Å². The van der Waals surface area contributed by atoms with Gasteiger partial charge in [0, 0.05) is 34.2 Å². The fourth-order valence-electron chi connectivity index (χ4n) is 4.60. The summed E-state index contributed by atoms with van der Waals surface area (Å²) < 4.78 is 4.04. The highest BCUT2D eigenvalue weighted by Crippen LogP contribution is 2.32. The minimum Gasteiger partial charge on any atom is -0.477 e. The molecule has 0 saturated carbocycles. The fraction of sp³-hybridized carbons (Fsp3) is 0.129. The molecule has 1 N–H and O–H groups in total. The van der Waals surface area contributed by atoms with E-state index in [1.54, 1.807) is 18.2 Å². The van der Waals surface area contributed by atoms with Crippen LogP contribution in [0.5, 0.6) is 0 Å². The molecule has 5 aromatic rings. The molecule has 0 spiro atoms. The zero-order valence-corrected chi connectivity index (χ0v) is 23.4. The Morgan fingerprint density at radius 3 is 2.21 bits per heavy atom. The van der Waals surface area contributed by atoms with Crippen molar-refractivity contribution in [2.45, 2.75) is 32.5 Å². The van der Waals surface area contributed by atoms with E-state index in [1.807, 2.05) is 61.7 Å². The molecule has 0 aliphatic rings. The molecule has 0 amide bonds. The van der Waals surface area contributed by atoms with Crippen LogP contribution in [0, 0.1) is 13.8 Å². The zero-order chi connectivity index (χ0) is 27.5. The third-order valence-electron chi connectivity index (χ3n) is 6.54. The van der Waals surface area contributed by atoms with E-state index in [4.69, 9.17) is 11.6 Å². The van der Waals surface area contributed by atoms with Crippen LogP contribution in [0.2, 0.25) is 5.02 Å². The lowest BCUT2D eigenvalue weighted by atomic mass is 10.1. The van der Waals surface area contributed by atoms with Gasteiger partial charge in [0.25, 0.3) is 0 Å². The van der Waals surface area contributed by atoms with Crippen molar-refractivity contribution in [2.75, 3.05) is 0 Å². The third kappa shape index (κ3) is 5.55. The van der Waals surface area contributed by atoms with E-state index >= 15 is 0 Å². The zero-order valence-electron chi connectivity index (χ0n) is 21.8. The van der Waals surface area contributed by atoms with E-state index in [0.717, 1.165) is 51.1 Å². The first-order chi connectivity index (χ1) is 18.9. The van der Waals surface area contributed by atoms with Crippen LogP contribution in [0.1, 0.15) is 23.9 Å². The standard InChI is InChI=1S/C31H27ClN4O2S/c1-4-35-29(24-10-14-26(32)15-11-24)33-34-31(35)39-28(30(37)38)19-25-18-20(2)36(21(25)3)27-16-12-23(13-17-27)22-8-6-5-7-9-22/h5-19H,4H2,1-3H3,(H,37,38)/b28-19-. The third-order valence-corrected chi connectivity index (χ3v) is 7.79. The van der Waals surface area contributed by atoms with Crippen LogP contribution in [-0.4, -0.2) is 30.4 Å². The summed E-state index contributed by atoms with van der Waals surface area (Å²) in [6, 6.07) is 28.0. The first-order valence-corrected chi connectivity index (χ1v) is 13.7. The Bertz CT molecular complexity index is 1650. The van der Waals surface area contributed by atoms with Crippen molar-refractivity contribution in [3.8, 4) is 28.2 Å². The molecular weight excluding hydrogens is 528 g/mol. The summed E-state index contributed by atoms with van der Waals surface area (Å²) in [5.41, 5.74) is 7.00. The highest BCUT2D eigenvalue weighted by atomic mass is 35.5. The van der Waals surface area contributed by atoms with Gasteiger partial charge in [0.2, 0.25) is 0 Å². The second-order valence-electron chi connectivity index (χ2n) is 9.05. The van der Waals surface area contributed by atoms with Gasteiger partial charge in [-0.1, -0.05) is 54.1 Å². The number of aromatic nitrogens is 4. The minimum absolute atomic E-state index is 0.166. The number of aryl methyl sites for hydroxylation is 1. The summed E-state index contributed by atoms with van der Waals surface area (Å²) >= 11 is 7.13. The van der Waals surface area contributed by atoms with Gasteiger partial charge in [-0.25, -0.2) is 4.79 Å². The molecule has 2 aromatic heterocycles. The topological polar surface area (TPSA) is 72.9 Å². The molecule has 0 fully saturated rings. The van der Waals surface area contributed by atoms with E-state index < -0.39 is 5.97 Å². The number of aliphatic carboxylic acids is 1. The molecular formula is C31H27ClN4O2S. The van der Waals surface area contributed by atoms with E-state index in [-0.39, 0.29) is 4.91 Å². The van der Waals surface area contributed by atoms with Crippen LogP contribution in [0.15, 0.2) is 95.0 Å². The summed E-state index contributed by atoms with van der Waals surface area (Å²) in [6.45, 7) is 6.60. The van der Waals surface area contributed by atoms with Gasteiger partial charge >= 0.3 is 5.97 Å². The van der Waals surface area contributed by atoms with Crippen molar-refractivity contribution in [1.29, 1.82) is 0 Å². The molecule has 0 unspecified atom stereocenters. The number of hydrogen-bond donors (Lipinski definition) is 1. The number of hydrogen-bond acceptors (Lipinski definition) is 4. The number of nitrogens with zero attached hydrogens (tertiary/aromatic N) is 4. The molecule has 0 saturated heterocycles. The second kappa shape index (κ2) is 11.4. The van der Waals surface area contributed by atoms with Crippen LogP contribution < -0.4 is 0 Å². The molecule has 0 atom stereocenters. The number of rotatable bonds is 8. The Kier molecular flexibility index (Phi) is 7.72. The number of halogens is 1. The van der Waals surface area contributed by atoms with Crippen LogP contribution in [0.25, 0.3) is 34.3 Å². The normalized spacial score (nSPS) is 11.6. The summed E-state index contributed by atoms with van der Waals surface area (Å²) in [5.74, 6) is -0.353. The van der Waals surface area contributed by atoms with Crippen molar-refractivity contribution in [1.82, 2.24) is 19.3 Å². The lowest BCUT2D eigenvalue weighted by Gasteiger charge is -2.11. The predicted octanol–water partition coefficient (Wildman–Crippen LogP) is 7.91. The van der Waals surface area contributed by atoms with E-state index in [9.17, 15) is 9.90 Å². The number of carbonyl (C=O) groups is 1. The molecule has 0 bridgehead atoms. The Balaban J connectivity index is 1.45. The van der Waals surface area contributed by atoms with Crippen LogP contribution in [0.4, 0.5) is 0 Å². The SMILES string of the molecule is CCn1c(S/C(=C\c2cc(C)n(-c3ccc(-c4ccccc4)cc3)c2C)C(=O)O)nnc1-c1ccc(Cl)cc1. The first-order valence-electron chi connectivity index (χ1n) is 12.5. The van der Waals surface area contributed by atoms with Gasteiger partial charge in [-0.05, 0) is 97.8 Å². The maximum atomic E-state index is 12.3. The van der Waals surface area contributed by atoms with Gasteiger partial charge in [0.05, 0.1) is 0 Å². The number of carboxylic acid groups (broad SMARTS) is 1. The second-order valence-corrected chi connectivity index (χ2v) is 10.5. The van der Waals surface area contributed by atoms with Crippen molar-refractivity contribution in [3.63, 3.8) is 0 Å². The fourth-order valence-corrected chi connectivity index (χ4v) is 5.60. The highest BCUT2D eigenvalue weighted by Gasteiger charge is 2.19. The van der Waals surface area contributed by atoms with Gasteiger partial charge in [-0.3, -0.25) is 0 Å². The average Bonchev–Trinajstić information content (AvgIpc) is 3.48. The van der Waals surface area contributed by atoms with Crippen molar-refractivity contribution < 1.29 is 9.90 Å². The van der Waals surface area contributed by atoms with E-state index in [1.165, 1.54) is 0 Å². The Morgan fingerprint density at radius 2 is 1.56 bits per heavy atom. The van der Waals surface area contributed by atoms with Crippen molar-refractivity contribution in [2.24, 2.45) is 0 Å². The van der Waals surface area contributed by atoms with Crippen LogP contribution >= 0.6 is 23.4 Å². The molecule has 3 aromatic carbocycles. The van der Waals surface area contributed by atoms with Gasteiger partial charge in [-0.15, -0.1) is 10.2 Å². The van der Waals surface area contributed by atoms with Crippen molar-refractivity contribution >= 4 is 35.4 Å². The monoisotopic (exact) mass is 554 g/mol. The molecule has 0 aliphatic carbocycles. The molecule has 2 heterocycles. The molecule has 39 heavy (non-hydrogen) atoms. The number of benzene rings is 3. The molecule has 0 radical (unpaired) electrons. The quantitative estimate of drug-likeness (QED) is 0.156. The summed E-state index contributed by atoms with van der Waals surface area (Å²) in [6.07, 6.45) is 1.71. The lowest BCUT2D eigenvalue weighted by molar-refractivity contribution is -0.131. The minimum atomic E-state index is -1.02. The van der Waals surface area contributed by atoms with E-state index in [0.29, 0.717) is 22.5 Å². The van der Waals surface area contributed by atoms with E-state index in [2.05, 4.69) is 51.2 Å². The molecule has 5 rings (SSSR count). The van der Waals surface area contributed by atoms with Crippen molar-refractivity contribution in [3.05, 3.63) is 112 Å². The molecule has 0 aliphatic heterocycles. The van der Waals surface area contributed by atoms with Gasteiger partial charge < -0.3 is 14.2 Å². The largest absolute Gasteiger partial charge is 0.477 e. The average molecular weight is 555 g/mol. The van der Waals surface area contributed by atoms with Crippen LogP contribution in [0.3, 0.4) is 0 Å². The Labute approximate surface area is 236 Å². The molecule has 196 valence electrons. The summed E-state index contributed by atoms with van der Waals surface area (Å²) in [7, 11) is 0. The lowest BCUT2D eigenvalue weighted by Crippen LogP contribution is -2.03. The van der Waals surface area contributed by atoms with Gasteiger partial charge in [0.15, 0.2) is 11.0 Å². The van der Waals surface area contributed by atoms with Gasteiger partial charge in [0.1, 0.15) is 4.91 Å². The van der Waals surface area contributed by atoms with Crippen LogP contribution in [-0.2, 0) is 11.3 Å².